The molecule has 0 bridgehead atoms. The Bertz CT molecular complexity index is 1340. The molecule has 0 saturated heterocycles. The first-order chi connectivity index (χ1) is 15.4. The quantitative estimate of drug-likeness (QED) is 0.345. The zero-order valence-corrected chi connectivity index (χ0v) is 19.6. The Hall–Kier alpha value is -3.04. The highest BCUT2D eigenvalue weighted by Crippen LogP contribution is 2.35. The molecule has 0 aliphatic carbocycles. The lowest BCUT2D eigenvalue weighted by Gasteiger charge is -2.11. The predicted molar refractivity (Wildman–Crippen MR) is 128 cm³/mol. The summed E-state index contributed by atoms with van der Waals surface area (Å²) in [5, 5.41) is 4.70. The molecule has 0 amide bonds. The Balaban J connectivity index is 1.86. The largest absolute Gasteiger partial charge is 0.281 e. The van der Waals surface area contributed by atoms with Gasteiger partial charge in [-0.15, -0.1) is 0 Å². The first-order valence-electron chi connectivity index (χ1n) is 9.93. The summed E-state index contributed by atoms with van der Waals surface area (Å²) in [5.41, 5.74) is 2.82. The fraction of sp³-hybridized carbons (Fsp3) is 0.130. The Morgan fingerprint density at radius 2 is 1.75 bits per heavy atom. The lowest BCUT2D eigenvalue weighted by atomic mass is 10.0. The topological polar surface area (TPSA) is 76.9 Å². The van der Waals surface area contributed by atoms with Crippen molar-refractivity contribution < 1.29 is 12.8 Å². The van der Waals surface area contributed by atoms with Gasteiger partial charge in [0.15, 0.2) is 5.82 Å². The van der Waals surface area contributed by atoms with Gasteiger partial charge in [0, 0.05) is 39.8 Å². The molecule has 1 N–H and O–H groups in total. The fourth-order valence-corrected chi connectivity index (χ4v) is 4.72. The summed E-state index contributed by atoms with van der Waals surface area (Å²) in [6.45, 7) is 1.75. The minimum Gasteiger partial charge on any atom is -0.281 e. The minimum atomic E-state index is -3.63. The van der Waals surface area contributed by atoms with Crippen LogP contribution < -0.4 is 4.72 Å². The maximum atomic E-state index is 15.5. The predicted octanol–water partition coefficient (Wildman–Crippen LogP) is 5.65. The van der Waals surface area contributed by atoms with E-state index in [0.29, 0.717) is 17.7 Å². The van der Waals surface area contributed by atoms with E-state index in [2.05, 4.69) is 25.6 Å². The van der Waals surface area contributed by atoms with Crippen molar-refractivity contribution in [1.82, 2.24) is 14.8 Å². The molecule has 0 fully saturated rings. The van der Waals surface area contributed by atoms with Gasteiger partial charge in [0.1, 0.15) is 5.69 Å². The number of halogens is 2. The third-order valence-electron chi connectivity index (χ3n) is 4.79. The first kappa shape index (κ1) is 22.2. The van der Waals surface area contributed by atoms with Crippen LogP contribution in [0.4, 0.5) is 10.1 Å². The zero-order chi connectivity index (χ0) is 22.7. The number of hydrogen-bond donors (Lipinski definition) is 1. The van der Waals surface area contributed by atoms with Crippen LogP contribution in [0.5, 0.6) is 0 Å². The van der Waals surface area contributed by atoms with Crippen LogP contribution in [0.1, 0.15) is 13.3 Å². The van der Waals surface area contributed by atoms with Crippen LogP contribution in [-0.2, 0) is 10.0 Å². The molecule has 164 valence electrons. The molecule has 0 aliphatic rings. The highest BCUT2D eigenvalue weighted by molar-refractivity contribution is 9.10. The highest BCUT2D eigenvalue weighted by Gasteiger charge is 2.20. The van der Waals surface area contributed by atoms with Crippen molar-refractivity contribution in [3.63, 3.8) is 0 Å². The van der Waals surface area contributed by atoms with E-state index in [-0.39, 0.29) is 17.0 Å². The van der Waals surface area contributed by atoms with Crippen LogP contribution in [0.15, 0.2) is 77.7 Å². The van der Waals surface area contributed by atoms with Crippen LogP contribution in [0, 0.1) is 5.82 Å². The summed E-state index contributed by atoms with van der Waals surface area (Å²) in [7, 11) is -3.63. The maximum absolute atomic E-state index is 15.5. The van der Waals surface area contributed by atoms with Gasteiger partial charge in [0.05, 0.1) is 17.1 Å². The maximum Gasteiger partial charge on any atom is 0.232 e. The number of nitrogens with one attached hydrogen (secondary N) is 1. The van der Waals surface area contributed by atoms with E-state index < -0.39 is 15.8 Å². The van der Waals surface area contributed by atoms with Gasteiger partial charge in [-0.25, -0.2) is 17.5 Å². The molecule has 32 heavy (non-hydrogen) atoms. The summed E-state index contributed by atoms with van der Waals surface area (Å²) in [6, 6.07) is 15.8. The van der Waals surface area contributed by atoms with E-state index in [1.54, 1.807) is 54.5 Å². The van der Waals surface area contributed by atoms with Crippen molar-refractivity contribution in [2.45, 2.75) is 13.3 Å². The molecule has 4 rings (SSSR count). The Morgan fingerprint density at radius 1 is 1.03 bits per heavy atom. The van der Waals surface area contributed by atoms with Crippen molar-refractivity contribution >= 4 is 31.6 Å². The van der Waals surface area contributed by atoms with Crippen molar-refractivity contribution in [3.8, 4) is 28.1 Å². The Kier molecular flexibility index (Phi) is 6.38. The second kappa shape index (κ2) is 9.22. The molecule has 0 saturated carbocycles. The van der Waals surface area contributed by atoms with Gasteiger partial charge in [-0.05, 0) is 48.9 Å². The van der Waals surface area contributed by atoms with Gasteiger partial charge < -0.3 is 0 Å². The number of anilines is 1. The molecule has 2 aromatic heterocycles. The van der Waals surface area contributed by atoms with Crippen molar-refractivity contribution in [3.05, 3.63) is 83.5 Å². The minimum absolute atomic E-state index is 0.0829. The second-order valence-corrected chi connectivity index (χ2v) is 9.89. The SMILES string of the molecule is CCCS(=O)(=O)Nc1cccc(-c2cn(-c3ccc(Br)cc3)nc2-c2ccncc2)c1F. The van der Waals surface area contributed by atoms with E-state index in [9.17, 15) is 8.42 Å². The molecular weight excluding hydrogens is 495 g/mol. The third-order valence-corrected chi connectivity index (χ3v) is 6.79. The normalized spacial score (nSPS) is 11.5. The molecular formula is C23H20BrFN4O2S. The molecule has 6 nitrogen and oxygen atoms in total. The number of benzene rings is 2. The number of sulfonamides is 1. The molecule has 0 radical (unpaired) electrons. The van der Waals surface area contributed by atoms with Crippen LogP contribution >= 0.6 is 15.9 Å². The van der Waals surface area contributed by atoms with Gasteiger partial charge in [-0.3, -0.25) is 9.71 Å². The smallest absolute Gasteiger partial charge is 0.232 e. The number of pyridine rings is 1. The fourth-order valence-electron chi connectivity index (χ4n) is 3.33. The van der Waals surface area contributed by atoms with Crippen LogP contribution in [-0.4, -0.2) is 28.9 Å². The van der Waals surface area contributed by atoms with Gasteiger partial charge in [0.25, 0.3) is 0 Å². The zero-order valence-electron chi connectivity index (χ0n) is 17.2. The number of rotatable bonds is 7. The summed E-state index contributed by atoms with van der Waals surface area (Å²) >= 11 is 3.42. The van der Waals surface area contributed by atoms with Crippen molar-refractivity contribution in [1.29, 1.82) is 0 Å². The molecule has 0 unspecified atom stereocenters. The number of nitrogens with zero attached hydrogens (tertiary/aromatic N) is 3. The van der Waals surface area contributed by atoms with Gasteiger partial charge in [-0.1, -0.05) is 35.0 Å². The Labute approximate surface area is 194 Å². The van der Waals surface area contributed by atoms with Crippen LogP contribution in [0.3, 0.4) is 0 Å². The monoisotopic (exact) mass is 514 g/mol. The highest BCUT2D eigenvalue weighted by atomic mass is 79.9. The van der Waals surface area contributed by atoms with E-state index >= 15 is 4.39 Å². The average molecular weight is 515 g/mol. The van der Waals surface area contributed by atoms with Crippen LogP contribution in [0.25, 0.3) is 28.1 Å². The van der Waals surface area contributed by atoms with Crippen LogP contribution in [0.2, 0.25) is 0 Å². The third kappa shape index (κ3) is 4.73. The molecule has 2 aromatic carbocycles. The lowest BCUT2D eigenvalue weighted by Crippen LogP contribution is -2.17. The van der Waals surface area contributed by atoms with Crippen molar-refractivity contribution in [2.75, 3.05) is 10.5 Å². The molecule has 0 spiro atoms. The van der Waals surface area contributed by atoms with Gasteiger partial charge in [0.2, 0.25) is 10.0 Å². The standard InChI is InChI=1S/C23H20BrFN4O2S/c1-2-14-32(30,31)28-21-5-3-4-19(22(21)25)20-15-29(18-8-6-17(24)7-9-18)27-23(20)16-10-12-26-13-11-16/h3-13,15,28H,2,14H2,1H3. The number of hydrogen-bond acceptors (Lipinski definition) is 4. The summed E-state index contributed by atoms with van der Waals surface area (Å²) < 4.78 is 44.9. The molecule has 9 heteroatoms. The number of aromatic nitrogens is 3. The van der Waals surface area contributed by atoms with E-state index in [4.69, 9.17) is 5.10 Å². The second-order valence-electron chi connectivity index (χ2n) is 7.14. The summed E-state index contributed by atoms with van der Waals surface area (Å²) in [6.07, 6.45) is 5.46. The van der Waals surface area contributed by atoms with Gasteiger partial charge in [-0.2, -0.15) is 5.10 Å². The first-order valence-corrected chi connectivity index (χ1v) is 12.4. The van der Waals surface area contributed by atoms with E-state index in [1.165, 1.54) is 6.07 Å². The lowest BCUT2D eigenvalue weighted by molar-refractivity contribution is 0.597. The average Bonchev–Trinajstić information content (AvgIpc) is 3.21. The summed E-state index contributed by atoms with van der Waals surface area (Å²) in [4.78, 5) is 4.05. The van der Waals surface area contributed by atoms with E-state index in [1.807, 2.05) is 24.3 Å². The molecule has 0 atom stereocenters. The van der Waals surface area contributed by atoms with Crippen molar-refractivity contribution in [2.24, 2.45) is 0 Å². The van der Waals surface area contributed by atoms with Gasteiger partial charge >= 0.3 is 0 Å². The summed E-state index contributed by atoms with van der Waals surface area (Å²) in [5.74, 6) is -0.738. The molecule has 4 aromatic rings. The molecule has 2 heterocycles. The van der Waals surface area contributed by atoms with E-state index in [0.717, 1.165) is 15.7 Å². The molecule has 0 aliphatic heterocycles. The Morgan fingerprint density at radius 3 is 2.44 bits per heavy atom.